The number of thioether (sulfide) groups is 1. The largest absolute Gasteiger partial charge is 0.332 e. The molecule has 2 aromatic carbocycles. The van der Waals surface area contributed by atoms with Crippen LogP contribution in [-0.4, -0.2) is 36.1 Å². The monoisotopic (exact) mass is 384 g/mol. The quantitative estimate of drug-likeness (QED) is 0.752. The highest BCUT2D eigenvalue weighted by Crippen LogP contribution is 2.25. The smallest absolute Gasteiger partial charge is 0.288 e. The van der Waals surface area contributed by atoms with Crippen LogP contribution in [0.5, 0.6) is 0 Å². The second kappa shape index (κ2) is 8.82. The van der Waals surface area contributed by atoms with Crippen molar-refractivity contribution in [3.8, 4) is 0 Å². The Kier molecular flexibility index (Phi) is 6.78. The second-order valence-electron chi connectivity index (χ2n) is 5.12. The van der Waals surface area contributed by atoms with Crippen LogP contribution in [0.25, 0.3) is 0 Å². The number of anilines is 1. The normalized spacial score (nSPS) is 10.6. The third-order valence-corrected chi connectivity index (χ3v) is 4.12. The van der Waals surface area contributed by atoms with Gasteiger partial charge in [0.15, 0.2) is 0 Å². The number of likely N-dealkylation sites (N-methyl/N-ethyl adjacent to an activating group) is 1. The van der Waals surface area contributed by atoms with Crippen molar-refractivity contribution in [1.29, 1.82) is 0 Å². The van der Waals surface area contributed by atoms with Crippen molar-refractivity contribution in [3.63, 3.8) is 0 Å². The van der Waals surface area contributed by atoms with Gasteiger partial charge in [-0.15, -0.1) is 0 Å². The maximum atomic E-state index is 12.3. The fourth-order valence-corrected chi connectivity index (χ4v) is 2.74. The zero-order chi connectivity index (χ0) is 18.4. The van der Waals surface area contributed by atoms with Gasteiger partial charge < -0.3 is 10.2 Å². The van der Waals surface area contributed by atoms with E-state index >= 15 is 0 Å². The van der Waals surface area contributed by atoms with E-state index in [9.17, 15) is 18.4 Å². The van der Waals surface area contributed by atoms with Gasteiger partial charge in [0.1, 0.15) is 0 Å². The predicted octanol–water partition coefficient (Wildman–Crippen LogP) is 4.37. The molecule has 0 unspecified atom stereocenters. The van der Waals surface area contributed by atoms with E-state index in [0.29, 0.717) is 32.9 Å². The summed E-state index contributed by atoms with van der Waals surface area (Å²) in [4.78, 5) is 25.9. The summed E-state index contributed by atoms with van der Waals surface area (Å²) in [6, 6.07) is 12.5. The summed E-state index contributed by atoms with van der Waals surface area (Å²) < 4.78 is 24.6. The Balaban J connectivity index is 1.94. The number of benzene rings is 2. The second-order valence-corrected chi connectivity index (χ2v) is 6.62. The number of amides is 2. The molecule has 2 aromatic rings. The molecule has 0 fully saturated rings. The molecule has 0 aliphatic heterocycles. The van der Waals surface area contributed by atoms with Crippen LogP contribution in [0.1, 0.15) is 10.4 Å². The molecule has 0 spiro atoms. The van der Waals surface area contributed by atoms with E-state index < -0.39 is 5.76 Å². The van der Waals surface area contributed by atoms with E-state index in [1.165, 1.54) is 36.2 Å². The molecular weight excluding hydrogens is 370 g/mol. The number of rotatable bonds is 6. The molecule has 0 atom stereocenters. The Labute approximate surface area is 153 Å². The van der Waals surface area contributed by atoms with Crippen LogP contribution < -0.4 is 5.32 Å². The number of halogens is 3. The minimum absolute atomic E-state index is 0.154. The van der Waals surface area contributed by atoms with E-state index in [1.54, 1.807) is 24.3 Å². The SMILES string of the molecule is CN(CC(=O)Nc1cccc(Cl)c1)C(=O)c1ccc(SC(F)F)cc1. The summed E-state index contributed by atoms with van der Waals surface area (Å²) in [5.41, 5.74) is 0.850. The van der Waals surface area contributed by atoms with Gasteiger partial charge in [0.05, 0.1) is 6.54 Å². The third-order valence-electron chi connectivity index (χ3n) is 3.16. The Morgan fingerprint density at radius 2 is 1.88 bits per heavy atom. The van der Waals surface area contributed by atoms with E-state index in [0.717, 1.165) is 0 Å². The van der Waals surface area contributed by atoms with Gasteiger partial charge in [0.2, 0.25) is 5.91 Å². The Morgan fingerprint density at radius 3 is 2.48 bits per heavy atom. The van der Waals surface area contributed by atoms with Crippen molar-refractivity contribution in [1.82, 2.24) is 4.90 Å². The first-order valence-electron chi connectivity index (χ1n) is 7.21. The van der Waals surface area contributed by atoms with E-state index in [-0.39, 0.29) is 18.4 Å². The molecule has 0 saturated carbocycles. The van der Waals surface area contributed by atoms with Crippen LogP contribution in [-0.2, 0) is 4.79 Å². The van der Waals surface area contributed by atoms with Crippen LogP contribution in [0.2, 0.25) is 5.02 Å². The molecule has 0 radical (unpaired) electrons. The fraction of sp³-hybridized carbons (Fsp3) is 0.176. The van der Waals surface area contributed by atoms with Crippen LogP contribution in [0.15, 0.2) is 53.4 Å². The first-order chi connectivity index (χ1) is 11.8. The van der Waals surface area contributed by atoms with Crippen molar-refractivity contribution in [2.75, 3.05) is 18.9 Å². The summed E-state index contributed by atoms with van der Waals surface area (Å²) >= 11 is 6.25. The molecule has 0 heterocycles. The summed E-state index contributed by atoms with van der Waals surface area (Å²) in [5, 5.41) is 3.14. The number of nitrogens with one attached hydrogen (secondary N) is 1. The molecule has 2 amide bonds. The molecule has 0 bridgehead atoms. The number of carbonyl (C=O) groups is 2. The zero-order valence-electron chi connectivity index (χ0n) is 13.2. The highest BCUT2D eigenvalue weighted by Gasteiger charge is 2.15. The molecule has 0 saturated heterocycles. The van der Waals surface area contributed by atoms with E-state index in [4.69, 9.17) is 11.6 Å². The molecular formula is C17H15ClF2N2O2S. The predicted molar refractivity (Wildman–Crippen MR) is 95.3 cm³/mol. The lowest BCUT2D eigenvalue weighted by molar-refractivity contribution is -0.116. The standard InChI is InChI=1S/C17H15ClF2N2O2S/c1-22(10-15(23)21-13-4-2-3-12(18)9-13)16(24)11-5-7-14(8-6-11)25-17(19)20/h2-9,17H,10H2,1H3,(H,21,23). The molecule has 0 aliphatic carbocycles. The average molecular weight is 385 g/mol. The molecule has 0 aromatic heterocycles. The molecule has 1 N–H and O–H groups in total. The Hall–Kier alpha value is -2.12. The van der Waals surface area contributed by atoms with Gasteiger partial charge in [0.25, 0.3) is 11.7 Å². The average Bonchev–Trinajstić information content (AvgIpc) is 2.54. The summed E-state index contributed by atoms with van der Waals surface area (Å²) in [7, 11) is 1.49. The number of nitrogens with zero attached hydrogens (tertiary/aromatic N) is 1. The van der Waals surface area contributed by atoms with Crippen LogP contribution in [0.3, 0.4) is 0 Å². The molecule has 0 aliphatic rings. The first kappa shape index (κ1) is 19.2. The highest BCUT2D eigenvalue weighted by atomic mass is 35.5. The van der Waals surface area contributed by atoms with Crippen molar-refractivity contribution < 1.29 is 18.4 Å². The van der Waals surface area contributed by atoms with Gasteiger partial charge in [-0.05, 0) is 42.5 Å². The maximum Gasteiger partial charge on any atom is 0.288 e. The molecule has 2 rings (SSSR count). The van der Waals surface area contributed by atoms with Crippen LogP contribution >= 0.6 is 23.4 Å². The van der Waals surface area contributed by atoms with Gasteiger partial charge in [-0.2, -0.15) is 8.78 Å². The maximum absolute atomic E-state index is 12.3. The lowest BCUT2D eigenvalue weighted by Crippen LogP contribution is -2.34. The van der Waals surface area contributed by atoms with Crippen LogP contribution in [0, 0.1) is 0 Å². The Morgan fingerprint density at radius 1 is 1.20 bits per heavy atom. The summed E-state index contributed by atoms with van der Waals surface area (Å²) in [5.74, 6) is -3.27. The number of alkyl halides is 2. The highest BCUT2D eigenvalue weighted by molar-refractivity contribution is 7.99. The Bertz CT molecular complexity index is 757. The molecule has 8 heteroatoms. The number of carbonyl (C=O) groups excluding carboxylic acids is 2. The van der Waals surface area contributed by atoms with Crippen molar-refractivity contribution in [2.24, 2.45) is 0 Å². The van der Waals surface area contributed by atoms with Crippen molar-refractivity contribution in [2.45, 2.75) is 10.7 Å². The van der Waals surface area contributed by atoms with Gasteiger partial charge >= 0.3 is 0 Å². The first-order valence-corrected chi connectivity index (χ1v) is 8.46. The van der Waals surface area contributed by atoms with Gasteiger partial charge in [-0.3, -0.25) is 9.59 Å². The van der Waals surface area contributed by atoms with Crippen molar-refractivity contribution >= 4 is 40.9 Å². The topological polar surface area (TPSA) is 49.4 Å². The lowest BCUT2D eigenvalue weighted by Gasteiger charge is -2.17. The fourth-order valence-electron chi connectivity index (χ4n) is 2.05. The summed E-state index contributed by atoms with van der Waals surface area (Å²) in [6.45, 7) is -0.154. The van der Waals surface area contributed by atoms with Crippen LogP contribution in [0.4, 0.5) is 14.5 Å². The minimum Gasteiger partial charge on any atom is -0.332 e. The number of hydrogen-bond donors (Lipinski definition) is 1. The van der Waals surface area contributed by atoms with E-state index in [2.05, 4.69) is 5.32 Å². The van der Waals surface area contributed by atoms with Gasteiger partial charge in [-0.1, -0.05) is 29.4 Å². The zero-order valence-corrected chi connectivity index (χ0v) is 14.8. The minimum atomic E-state index is -2.51. The number of hydrogen-bond acceptors (Lipinski definition) is 3. The summed E-state index contributed by atoms with van der Waals surface area (Å²) in [6.07, 6.45) is 0. The van der Waals surface area contributed by atoms with E-state index in [1.807, 2.05) is 0 Å². The van der Waals surface area contributed by atoms with Gasteiger partial charge in [-0.25, -0.2) is 0 Å². The van der Waals surface area contributed by atoms with Crippen molar-refractivity contribution in [3.05, 3.63) is 59.1 Å². The lowest BCUT2D eigenvalue weighted by atomic mass is 10.2. The van der Waals surface area contributed by atoms with Gasteiger partial charge in [0, 0.05) is 28.2 Å². The molecule has 4 nitrogen and oxygen atoms in total. The third kappa shape index (κ3) is 6.03. The molecule has 132 valence electrons. The molecule has 25 heavy (non-hydrogen) atoms.